The van der Waals surface area contributed by atoms with Crippen molar-refractivity contribution in [3.8, 4) is 5.75 Å². The van der Waals surface area contributed by atoms with Gasteiger partial charge in [-0.15, -0.1) is 0 Å². The summed E-state index contributed by atoms with van der Waals surface area (Å²) in [5, 5.41) is 2.60. The monoisotopic (exact) mass is 364 g/mol. The first-order chi connectivity index (χ1) is 12.3. The summed E-state index contributed by atoms with van der Waals surface area (Å²) in [4.78, 5) is 26.0. The third kappa shape index (κ3) is 3.35. The van der Waals surface area contributed by atoms with Crippen molar-refractivity contribution in [2.24, 2.45) is 0 Å². The maximum absolute atomic E-state index is 13.3. The van der Waals surface area contributed by atoms with Crippen LogP contribution < -0.4 is 10.1 Å². The number of imide groups is 1. The van der Waals surface area contributed by atoms with Gasteiger partial charge in [0, 0.05) is 0 Å². The standard InChI is InChI=1S/C18H15F3N2O3/c1-18(12-5-7-14(8-6-12)26-16(20)21)15(24)23(17(25)22-18)10-11-3-2-4-13(19)9-11/h2-9,16H,10H2,1H3,(H,22,25). The van der Waals surface area contributed by atoms with Gasteiger partial charge in [0.15, 0.2) is 0 Å². The molecule has 8 heteroatoms. The minimum Gasteiger partial charge on any atom is -0.435 e. The summed E-state index contributed by atoms with van der Waals surface area (Å²) >= 11 is 0. The van der Waals surface area contributed by atoms with Gasteiger partial charge in [-0.1, -0.05) is 24.3 Å². The molecule has 3 amide bonds. The van der Waals surface area contributed by atoms with Gasteiger partial charge in [-0.05, 0) is 42.3 Å². The van der Waals surface area contributed by atoms with E-state index in [0.29, 0.717) is 11.1 Å². The Morgan fingerprint density at radius 1 is 1.15 bits per heavy atom. The van der Waals surface area contributed by atoms with Crippen LogP contribution in [0.2, 0.25) is 0 Å². The zero-order chi connectivity index (χ0) is 18.9. The number of hydrogen-bond donors (Lipinski definition) is 1. The van der Waals surface area contributed by atoms with Crippen LogP contribution >= 0.6 is 0 Å². The van der Waals surface area contributed by atoms with Crippen LogP contribution in [0.5, 0.6) is 5.75 Å². The van der Waals surface area contributed by atoms with Crippen molar-refractivity contribution in [3.05, 3.63) is 65.5 Å². The highest BCUT2D eigenvalue weighted by Crippen LogP contribution is 2.31. The molecule has 2 aromatic rings. The molecule has 1 N–H and O–H groups in total. The van der Waals surface area contributed by atoms with Crippen LogP contribution in [0.4, 0.5) is 18.0 Å². The van der Waals surface area contributed by atoms with Gasteiger partial charge in [-0.25, -0.2) is 9.18 Å². The molecule has 0 aliphatic carbocycles. The predicted octanol–water partition coefficient (Wildman–Crippen LogP) is 3.39. The maximum Gasteiger partial charge on any atom is 0.387 e. The minimum atomic E-state index is -2.95. The Balaban J connectivity index is 1.82. The fraction of sp³-hybridized carbons (Fsp3) is 0.222. The molecule has 0 spiro atoms. The van der Waals surface area contributed by atoms with Crippen LogP contribution in [0.15, 0.2) is 48.5 Å². The molecule has 1 atom stereocenters. The summed E-state index contributed by atoms with van der Waals surface area (Å²) in [5.41, 5.74) is -0.467. The van der Waals surface area contributed by atoms with Crippen molar-refractivity contribution in [1.29, 1.82) is 0 Å². The quantitative estimate of drug-likeness (QED) is 0.828. The number of urea groups is 1. The van der Waals surface area contributed by atoms with Crippen molar-refractivity contribution in [2.75, 3.05) is 0 Å². The largest absolute Gasteiger partial charge is 0.435 e. The highest BCUT2D eigenvalue weighted by molar-refractivity contribution is 6.07. The number of carbonyl (C=O) groups excluding carboxylic acids is 2. The van der Waals surface area contributed by atoms with Gasteiger partial charge in [0.1, 0.15) is 17.1 Å². The van der Waals surface area contributed by atoms with Gasteiger partial charge in [0.25, 0.3) is 5.91 Å². The molecule has 5 nitrogen and oxygen atoms in total. The number of nitrogens with one attached hydrogen (secondary N) is 1. The molecule has 1 heterocycles. The molecular weight excluding hydrogens is 349 g/mol. The number of ether oxygens (including phenoxy) is 1. The Bertz CT molecular complexity index is 842. The van der Waals surface area contributed by atoms with E-state index in [9.17, 15) is 22.8 Å². The number of rotatable bonds is 5. The average Bonchev–Trinajstić information content (AvgIpc) is 2.79. The smallest absolute Gasteiger partial charge is 0.387 e. The van der Waals surface area contributed by atoms with Crippen molar-refractivity contribution >= 4 is 11.9 Å². The summed E-state index contributed by atoms with van der Waals surface area (Å²) in [7, 11) is 0. The fourth-order valence-electron chi connectivity index (χ4n) is 2.82. The first-order valence-electron chi connectivity index (χ1n) is 7.73. The van der Waals surface area contributed by atoms with E-state index < -0.39 is 29.9 Å². The lowest BCUT2D eigenvalue weighted by atomic mass is 9.92. The highest BCUT2D eigenvalue weighted by Gasteiger charge is 2.48. The van der Waals surface area contributed by atoms with Crippen LogP contribution in [0.25, 0.3) is 0 Å². The number of nitrogens with zero attached hydrogens (tertiary/aromatic N) is 1. The van der Waals surface area contributed by atoms with E-state index in [1.54, 1.807) is 6.07 Å². The molecule has 1 aliphatic rings. The molecule has 3 rings (SSSR count). The molecule has 1 aliphatic heterocycles. The van der Waals surface area contributed by atoms with Crippen LogP contribution in [-0.2, 0) is 16.9 Å². The van der Waals surface area contributed by atoms with E-state index in [0.717, 1.165) is 4.90 Å². The van der Waals surface area contributed by atoms with Crippen LogP contribution in [0.3, 0.4) is 0 Å². The zero-order valence-electron chi connectivity index (χ0n) is 13.7. The van der Waals surface area contributed by atoms with E-state index in [1.165, 1.54) is 49.4 Å². The summed E-state index contributed by atoms with van der Waals surface area (Å²) < 4.78 is 42.0. The van der Waals surface area contributed by atoms with Gasteiger partial charge in [0.05, 0.1) is 6.54 Å². The van der Waals surface area contributed by atoms with Gasteiger partial charge in [-0.2, -0.15) is 8.78 Å². The molecule has 0 bridgehead atoms. The van der Waals surface area contributed by atoms with E-state index in [4.69, 9.17) is 0 Å². The fourth-order valence-corrected chi connectivity index (χ4v) is 2.82. The molecule has 1 unspecified atom stereocenters. The van der Waals surface area contributed by atoms with Crippen LogP contribution in [0.1, 0.15) is 18.1 Å². The lowest BCUT2D eigenvalue weighted by molar-refractivity contribution is -0.131. The van der Waals surface area contributed by atoms with Gasteiger partial charge in [-0.3, -0.25) is 9.69 Å². The molecule has 0 aromatic heterocycles. The van der Waals surface area contributed by atoms with E-state index in [-0.39, 0.29) is 12.3 Å². The Morgan fingerprint density at radius 2 is 1.85 bits per heavy atom. The van der Waals surface area contributed by atoms with Crippen molar-refractivity contribution in [2.45, 2.75) is 25.6 Å². The van der Waals surface area contributed by atoms with Gasteiger partial charge < -0.3 is 10.1 Å². The molecule has 1 fully saturated rings. The predicted molar refractivity (Wildman–Crippen MR) is 85.9 cm³/mol. The number of carbonyl (C=O) groups is 2. The second-order valence-electron chi connectivity index (χ2n) is 5.98. The first-order valence-corrected chi connectivity index (χ1v) is 7.73. The second kappa shape index (κ2) is 6.70. The summed E-state index contributed by atoms with van der Waals surface area (Å²) in [6.07, 6.45) is 0. The molecular formula is C18H15F3N2O3. The Kier molecular flexibility index (Phi) is 4.58. The van der Waals surface area contributed by atoms with Crippen LogP contribution in [0, 0.1) is 5.82 Å². The van der Waals surface area contributed by atoms with E-state index in [2.05, 4.69) is 10.1 Å². The molecule has 0 saturated carbocycles. The zero-order valence-corrected chi connectivity index (χ0v) is 13.7. The number of halogens is 3. The van der Waals surface area contributed by atoms with Crippen molar-refractivity contribution < 1.29 is 27.5 Å². The Hall–Kier alpha value is -3.03. The number of alkyl halides is 2. The SMILES string of the molecule is CC1(c2ccc(OC(F)F)cc2)NC(=O)N(Cc2cccc(F)c2)C1=O. The molecule has 0 radical (unpaired) electrons. The van der Waals surface area contributed by atoms with Gasteiger partial charge in [0.2, 0.25) is 0 Å². The highest BCUT2D eigenvalue weighted by atomic mass is 19.3. The van der Waals surface area contributed by atoms with E-state index in [1.807, 2.05) is 0 Å². The molecule has 136 valence electrons. The number of benzene rings is 2. The third-order valence-corrected chi connectivity index (χ3v) is 4.16. The Morgan fingerprint density at radius 3 is 2.46 bits per heavy atom. The minimum absolute atomic E-state index is 0.0549. The first kappa shape index (κ1) is 17.8. The third-order valence-electron chi connectivity index (χ3n) is 4.16. The van der Waals surface area contributed by atoms with E-state index >= 15 is 0 Å². The van der Waals surface area contributed by atoms with Gasteiger partial charge >= 0.3 is 12.6 Å². The molecule has 1 saturated heterocycles. The topological polar surface area (TPSA) is 58.6 Å². The normalized spacial score (nSPS) is 19.8. The van der Waals surface area contributed by atoms with Crippen LogP contribution in [-0.4, -0.2) is 23.4 Å². The number of hydrogen-bond acceptors (Lipinski definition) is 3. The lowest BCUT2D eigenvalue weighted by Crippen LogP contribution is -2.40. The van der Waals surface area contributed by atoms with Crippen molar-refractivity contribution in [1.82, 2.24) is 10.2 Å². The van der Waals surface area contributed by atoms with Crippen molar-refractivity contribution in [3.63, 3.8) is 0 Å². The molecule has 2 aromatic carbocycles. The second-order valence-corrected chi connectivity index (χ2v) is 5.98. The summed E-state index contributed by atoms with van der Waals surface area (Å²) in [6, 6.07) is 10.4. The summed E-state index contributed by atoms with van der Waals surface area (Å²) in [5.74, 6) is -1.04. The maximum atomic E-state index is 13.3. The Labute approximate surface area is 147 Å². The number of amides is 3. The molecule has 26 heavy (non-hydrogen) atoms. The average molecular weight is 364 g/mol. The summed E-state index contributed by atoms with van der Waals surface area (Å²) in [6.45, 7) is -1.52. The lowest BCUT2D eigenvalue weighted by Gasteiger charge is -2.22.